The molecule has 1 heterocycles. The first kappa shape index (κ1) is 16.5. The van der Waals surface area contributed by atoms with E-state index >= 15 is 0 Å². The van der Waals surface area contributed by atoms with Gasteiger partial charge < -0.3 is 9.73 Å². The average molecular weight is 353 g/mol. The highest BCUT2D eigenvalue weighted by Gasteiger charge is 2.20. The number of ketones is 1. The van der Waals surface area contributed by atoms with Crippen molar-refractivity contribution in [2.45, 2.75) is 0 Å². The lowest BCUT2D eigenvalue weighted by atomic mass is 10.1. The van der Waals surface area contributed by atoms with E-state index in [0.29, 0.717) is 20.8 Å². The van der Waals surface area contributed by atoms with Crippen molar-refractivity contribution in [1.29, 1.82) is 5.26 Å². The molecule has 1 aromatic heterocycles. The molecule has 7 heteroatoms. The van der Waals surface area contributed by atoms with Gasteiger partial charge in [0, 0.05) is 5.02 Å². The van der Waals surface area contributed by atoms with Gasteiger partial charge in [-0.3, -0.25) is 4.79 Å². The van der Waals surface area contributed by atoms with E-state index < -0.39 is 5.78 Å². The molecule has 2 aromatic rings. The van der Waals surface area contributed by atoms with Gasteiger partial charge in [-0.2, -0.15) is 5.26 Å². The highest BCUT2D eigenvalue weighted by Crippen LogP contribution is 2.30. The van der Waals surface area contributed by atoms with E-state index in [1.807, 2.05) is 6.07 Å². The number of hydrogen-bond acceptors (Lipinski definition) is 5. The van der Waals surface area contributed by atoms with Gasteiger partial charge in [0.25, 0.3) is 0 Å². The van der Waals surface area contributed by atoms with Crippen molar-refractivity contribution in [3.63, 3.8) is 0 Å². The Morgan fingerprint density at radius 1 is 1.36 bits per heavy atom. The fourth-order valence-electron chi connectivity index (χ4n) is 1.67. The van der Waals surface area contributed by atoms with E-state index in [2.05, 4.69) is 5.32 Å². The number of halogens is 2. The maximum absolute atomic E-state index is 12.3. The Labute approximate surface area is 141 Å². The molecule has 4 nitrogen and oxygen atoms in total. The predicted molar refractivity (Wildman–Crippen MR) is 89.3 cm³/mol. The minimum Gasteiger partial charge on any atom is -0.461 e. The minimum atomic E-state index is -0.498. The van der Waals surface area contributed by atoms with Gasteiger partial charge in [0.15, 0.2) is 5.76 Å². The van der Waals surface area contributed by atoms with Crippen LogP contribution in [0.3, 0.4) is 0 Å². The fourth-order valence-corrected chi connectivity index (χ4v) is 2.56. The molecule has 0 saturated heterocycles. The topological polar surface area (TPSA) is 66.0 Å². The Morgan fingerprint density at radius 3 is 2.73 bits per heavy atom. The summed E-state index contributed by atoms with van der Waals surface area (Å²) in [5.41, 5.74) is 0.456. The smallest absolute Gasteiger partial charge is 0.241 e. The number of furan rings is 1. The third-order valence-electron chi connectivity index (χ3n) is 2.69. The van der Waals surface area contributed by atoms with Crippen LogP contribution in [-0.4, -0.2) is 12.0 Å². The van der Waals surface area contributed by atoms with Crippen molar-refractivity contribution in [2.75, 3.05) is 11.6 Å². The highest BCUT2D eigenvalue weighted by molar-refractivity contribution is 8.02. The summed E-state index contributed by atoms with van der Waals surface area (Å²) in [6.45, 7) is 0. The van der Waals surface area contributed by atoms with E-state index in [4.69, 9.17) is 27.6 Å². The average Bonchev–Trinajstić information content (AvgIpc) is 3.04. The number of carbonyl (C=O) groups is 1. The number of rotatable bonds is 5. The second kappa shape index (κ2) is 7.41. The first-order valence-corrected chi connectivity index (χ1v) is 8.03. The largest absolute Gasteiger partial charge is 0.461 e. The number of nitriles is 1. The number of carbonyl (C=O) groups excluding carboxylic acids is 1. The molecule has 0 spiro atoms. The van der Waals surface area contributed by atoms with Crippen LogP contribution in [0.2, 0.25) is 10.0 Å². The molecule has 0 aliphatic rings. The summed E-state index contributed by atoms with van der Waals surface area (Å²) in [6.07, 6.45) is 3.12. The number of benzene rings is 1. The molecule has 0 saturated carbocycles. The maximum atomic E-state index is 12.3. The summed E-state index contributed by atoms with van der Waals surface area (Å²) >= 11 is 13.2. The minimum absolute atomic E-state index is 0.0570. The van der Waals surface area contributed by atoms with Crippen LogP contribution >= 0.6 is 35.0 Å². The number of Topliss-reactive ketones (excluding diaryl/α,β-unsaturated/α-hetero) is 1. The Morgan fingerprint density at radius 2 is 2.14 bits per heavy atom. The normalized spacial score (nSPS) is 11.5. The van der Waals surface area contributed by atoms with E-state index in [1.165, 1.54) is 24.1 Å². The Kier molecular flexibility index (Phi) is 5.56. The van der Waals surface area contributed by atoms with E-state index in [0.717, 1.165) is 0 Å². The molecule has 0 atom stereocenters. The summed E-state index contributed by atoms with van der Waals surface area (Å²) in [5, 5.41) is 13.6. The Bertz CT molecular complexity index is 764. The number of thioether (sulfide) groups is 1. The van der Waals surface area contributed by atoms with Crippen LogP contribution < -0.4 is 5.32 Å². The zero-order valence-electron chi connectivity index (χ0n) is 11.4. The lowest BCUT2D eigenvalue weighted by molar-refractivity contribution is 0.101. The van der Waals surface area contributed by atoms with Gasteiger partial charge in [-0.25, -0.2) is 0 Å². The molecule has 1 N–H and O–H groups in total. The molecule has 0 radical (unpaired) electrons. The van der Waals surface area contributed by atoms with Crippen molar-refractivity contribution in [3.8, 4) is 6.07 Å². The van der Waals surface area contributed by atoms with Crippen molar-refractivity contribution in [3.05, 3.63) is 63.0 Å². The number of nitrogens with zero attached hydrogens (tertiary/aromatic N) is 1. The lowest BCUT2D eigenvalue weighted by Gasteiger charge is -2.12. The van der Waals surface area contributed by atoms with Crippen LogP contribution in [-0.2, 0) is 0 Å². The Hall–Kier alpha value is -1.87. The molecule has 0 aliphatic heterocycles. The third-order valence-corrected chi connectivity index (χ3v) is 3.97. The van der Waals surface area contributed by atoms with Gasteiger partial charge in [0.1, 0.15) is 11.6 Å². The van der Waals surface area contributed by atoms with Crippen molar-refractivity contribution in [1.82, 2.24) is 0 Å². The van der Waals surface area contributed by atoms with Crippen LogP contribution in [0.25, 0.3) is 0 Å². The van der Waals surface area contributed by atoms with Gasteiger partial charge in [-0.15, -0.1) is 11.8 Å². The zero-order chi connectivity index (χ0) is 16.1. The molecule has 0 fully saturated rings. The number of hydrogen-bond donors (Lipinski definition) is 1. The highest BCUT2D eigenvalue weighted by atomic mass is 35.5. The molecular formula is C15H10Cl2N2O2S. The molecule has 112 valence electrons. The van der Waals surface area contributed by atoms with Gasteiger partial charge >= 0.3 is 0 Å². The zero-order valence-corrected chi connectivity index (χ0v) is 13.7. The SMILES string of the molecule is CS/C(Nc1cc(Cl)ccc1Cl)=C(\C#N)C(=O)c1ccco1. The van der Waals surface area contributed by atoms with E-state index in [-0.39, 0.29) is 11.3 Å². The monoisotopic (exact) mass is 352 g/mol. The number of nitrogens with one attached hydrogen (secondary N) is 1. The first-order chi connectivity index (χ1) is 10.6. The molecule has 0 aliphatic carbocycles. The van der Waals surface area contributed by atoms with Gasteiger partial charge in [-0.05, 0) is 36.6 Å². The van der Waals surface area contributed by atoms with Crippen molar-refractivity contribution < 1.29 is 9.21 Å². The second-order valence-corrected chi connectivity index (χ2v) is 5.74. The summed E-state index contributed by atoms with van der Waals surface area (Å²) in [5.74, 6) is -0.399. The van der Waals surface area contributed by atoms with Crippen LogP contribution in [0.15, 0.2) is 51.6 Å². The molecule has 0 amide bonds. The quantitative estimate of drug-likeness (QED) is 0.467. The lowest BCUT2D eigenvalue weighted by Crippen LogP contribution is -2.08. The van der Waals surface area contributed by atoms with E-state index in [1.54, 1.807) is 30.5 Å². The van der Waals surface area contributed by atoms with Gasteiger partial charge in [-0.1, -0.05) is 23.2 Å². The van der Waals surface area contributed by atoms with Gasteiger partial charge in [0.2, 0.25) is 5.78 Å². The molecule has 22 heavy (non-hydrogen) atoms. The van der Waals surface area contributed by atoms with Crippen molar-refractivity contribution >= 4 is 46.4 Å². The van der Waals surface area contributed by atoms with Gasteiger partial charge in [0.05, 0.1) is 22.0 Å². The van der Waals surface area contributed by atoms with Crippen LogP contribution in [0.4, 0.5) is 5.69 Å². The summed E-state index contributed by atoms with van der Waals surface area (Å²) < 4.78 is 5.05. The molecule has 2 rings (SSSR count). The maximum Gasteiger partial charge on any atom is 0.241 e. The summed E-state index contributed by atoms with van der Waals surface area (Å²) in [4.78, 5) is 12.3. The van der Waals surface area contributed by atoms with Crippen molar-refractivity contribution in [2.24, 2.45) is 0 Å². The fraction of sp³-hybridized carbons (Fsp3) is 0.0667. The Balaban J connectivity index is 2.41. The van der Waals surface area contributed by atoms with Crippen LogP contribution in [0.5, 0.6) is 0 Å². The standard InChI is InChI=1S/C15H10Cl2N2O2S/c1-22-15(19-12-7-9(16)4-5-11(12)17)10(8-18)14(20)13-3-2-6-21-13/h2-7,19H,1H3/b15-10+. The third kappa shape index (κ3) is 3.66. The van der Waals surface area contributed by atoms with Crippen LogP contribution in [0.1, 0.15) is 10.6 Å². The van der Waals surface area contributed by atoms with E-state index in [9.17, 15) is 10.1 Å². The summed E-state index contributed by atoms with van der Waals surface area (Å²) in [7, 11) is 0. The summed E-state index contributed by atoms with van der Waals surface area (Å²) in [6, 6.07) is 9.89. The number of allylic oxidation sites excluding steroid dienone is 1. The predicted octanol–water partition coefficient (Wildman–Crippen LogP) is 4.98. The molecule has 0 bridgehead atoms. The second-order valence-electron chi connectivity index (χ2n) is 4.08. The number of anilines is 1. The molecule has 0 unspecified atom stereocenters. The first-order valence-electron chi connectivity index (χ1n) is 6.05. The van der Waals surface area contributed by atoms with Crippen LogP contribution in [0, 0.1) is 11.3 Å². The molecular weight excluding hydrogens is 343 g/mol. The molecule has 1 aromatic carbocycles.